The molecule has 1 heterocycles. The van der Waals surface area contributed by atoms with Crippen LogP contribution in [0.15, 0.2) is 18.2 Å². The van der Waals surface area contributed by atoms with E-state index < -0.39 is 12.7 Å². The van der Waals surface area contributed by atoms with Crippen LogP contribution in [-0.4, -0.2) is 42.6 Å². The van der Waals surface area contributed by atoms with Gasteiger partial charge in [-0.1, -0.05) is 28.1 Å². The first-order valence-electron chi connectivity index (χ1n) is 6.57. The largest absolute Gasteiger partial charge is 0.493 e. The van der Waals surface area contributed by atoms with E-state index in [4.69, 9.17) is 4.74 Å². The van der Waals surface area contributed by atoms with Crippen LogP contribution in [0.25, 0.3) is 0 Å². The molecule has 0 aliphatic carbocycles. The summed E-state index contributed by atoms with van der Waals surface area (Å²) < 4.78 is 42.8. The molecule has 0 amide bonds. The highest BCUT2D eigenvalue weighted by Gasteiger charge is 2.30. The van der Waals surface area contributed by atoms with Crippen molar-refractivity contribution in [3.8, 4) is 5.75 Å². The van der Waals surface area contributed by atoms with Crippen LogP contribution >= 0.6 is 15.9 Å². The molecule has 0 saturated heterocycles. The van der Waals surface area contributed by atoms with Gasteiger partial charge in [-0.2, -0.15) is 13.2 Å². The molecule has 0 aromatic heterocycles. The Morgan fingerprint density at radius 3 is 2.75 bits per heavy atom. The maximum absolute atomic E-state index is 12.5. The van der Waals surface area contributed by atoms with E-state index in [1.807, 2.05) is 18.2 Å². The normalized spacial score (nSPS) is 14.4. The van der Waals surface area contributed by atoms with Crippen molar-refractivity contribution in [1.82, 2.24) is 4.90 Å². The predicted molar refractivity (Wildman–Crippen MR) is 75.6 cm³/mol. The third-order valence-electron chi connectivity index (χ3n) is 3.27. The van der Waals surface area contributed by atoms with Crippen LogP contribution < -0.4 is 4.74 Å². The minimum atomic E-state index is -4.14. The van der Waals surface area contributed by atoms with Crippen molar-refractivity contribution < 1.29 is 17.9 Å². The molecule has 0 fully saturated rings. The summed E-state index contributed by atoms with van der Waals surface area (Å²) in [5, 5.41) is 0.543. The monoisotopic (exact) mass is 351 g/mol. The van der Waals surface area contributed by atoms with Crippen LogP contribution in [0.1, 0.15) is 11.1 Å². The van der Waals surface area contributed by atoms with E-state index in [1.165, 1.54) is 4.90 Å². The molecule has 1 aromatic rings. The fourth-order valence-electron chi connectivity index (χ4n) is 2.33. The number of hydrogen-bond acceptors (Lipinski definition) is 2. The number of benzene rings is 1. The molecule has 1 aromatic carbocycles. The fraction of sp³-hybridized carbons (Fsp3) is 0.571. The zero-order valence-corrected chi connectivity index (χ0v) is 12.6. The van der Waals surface area contributed by atoms with Gasteiger partial charge in [0.15, 0.2) is 0 Å². The molecule has 20 heavy (non-hydrogen) atoms. The lowest BCUT2D eigenvalue weighted by Gasteiger charge is -2.22. The van der Waals surface area contributed by atoms with Gasteiger partial charge in [0, 0.05) is 24.8 Å². The molecule has 0 atom stereocenters. The van der Waals surface area contributed by atoms with Gasteiger partial charge in [-0.25, -0.2) is 0 Å². The molecule has 0 unspecified atom stereocenters. The van der Waals surface area contributed by atoms with Crippen molar-refractivity contribution in [2.75, 3.05) is 31.6 Å². The van der Waals surface area contributed by atoms with Crippen molar-refractivity contribution in [2.45, 2.75) is 19.0 Å². The second-order valence-corrected chi connectivity index (χ2v) is 5.66. The third kappa shape index (κ3) is 4.66. The minimum Gasteiger partial charge on any atom is -0.493 e. The first-order valence-corrected chi connectivity index (χ1v) is 7.70. The van der Waals surface area contributed by atoms with Gasteiger partial charge in [0.05, 0.1) is 13.2 Å². The van der Waals surface area contributed by atoms with E-state index >= 15 is 0 Å². The fourth-order valence-corrected chi connectivity index (χ4v) is 2.83. The van der Waals surface area contributed by atoms with Gasteiger partial charge < -0.3 is 4.74 Å². The number of fused-ring (bicyclic) bond motifs is 1. The number of rotatable bonds is 6. The number of halogens is 4. The first-order chi connectivity index (χ1) is 9.48. The van der Waals surface area contributed by atoms with Gasteiger partial charge >= 0.3 is 6.18 Å². The highest BCUT2D eigenvalue weighted by atomic mass is 79.9. The van der Waals surface area contributed by atoms with Crippen LogP contribution in [0.3, 0.4) is 0 Å². The molecule has 0 saturated carbocycles. The summed E-state index contributed by atoms with van der Waals surface area (Å²) in [5.41, 5.74) is 2.22. The lowest BCUT2D eigenvalue weighted by Crippen LogP contribution is -2.36. The van der Waals surface area contributed by atoms with Gasteiger partial charge in [0.25, 0.3) is 0 Å². The Balaban J connectivity index is 1.91. The Morgan fingerprint density at radius 1 is 1.25 bits per heavy atom. The molecule has 0 radical (unpaired) electrons. The Morgan fingerprint density at radius 2 is 2.05 bits per heavy atom. The molecular formula is C14H17BrF3NO. The standard InChI is InChI=1S/C14H17BrF3NO/c15-5-7-19(10-14(16,17)18)6-3-11-1-2-13-12(9-11)4-8-20-13/h1-2,9H,3-8,10H2. The first kappa shape index (κ1) is 15.6. The van der Waals surface area contributed by atoms with E-state index in [0.717, 1.165) is 23.3 Å². The molecule has 0 bridgehead atoms. The van der Waals surface area contributed by atoms with Gasteiger partial charge in [-0.15, -0.1) is 0 Å². The number of ether oxygens (including phenoxy) is 1. The molecular weight excluding hydrogens is 335 g/mol. The number of hydrogen-bond donors (Lipinski definition) is 0. The van der Waals surface area contributed by atoms with Crippen molar-refractivity contribution in [3.63, 3.8) is 0 Å². The van der Waals surface area contributed by atoms with Crippen molar-refractivity contribution in [2.24, 2.45) is 0 Å². The number of alkyl halides is 4. The summed E-state index contributed by atoms with van der Waals surface area (Å²) in [4.78, 5) is 1.43. The van der Waals surface area contributed by atoms with E-state index in [2.05, 4.69) is 15.9 Å². The van der Waals surface area contributed by atoms with Crippen LogP contribution in [-0.2, 0) is 12.8 Å². The maximum Gasteiger partial charge on any atom is 0.401 e. The Kier molecular flexibility index (Phi) is 5.32. The molecule has 112 valence electrons. The van der Waals surface area contributed by atoms with Crippen LogP contribution in [0.4, 0.5) is 13.2 Å². The second-order valence-electron chi connectivity index (χ2n) is 4.87. The average Bonchev–Trinajstić information content (AvgIpc) is 2.81. The SMILES string of the molecule is FC(F)(F)CN(CCBr)CCc1ccc2c(c1)CCO2. The smallest absolute Gasteiger partial charge is 0.401 e. The van der Waals surface area contributed by atoms with E-state index in [9.17, 15) is 13.2 Å². The summed E-state index contributed by atoms with van der Waals surface area (Å²) >= 11 is 3.20. The Hall–Kier alpha value is -0.750. The van der Waals surface area contributed by atoms with E-state index in [-0.39, 0.29) is 0 Å². The quantitative estimate of drug-likeness (QED) is 0.728. The average molecular weight is 352 g/mol. The van der Waals surface area contributed by atoms with Crippen LogP contribution in [0.5, 0.6) is 5.75 Å². The second kappa shape index (κ2) is 6.80. The molecule has 1 aliphatic rings. The van der Waals surface area contributed by atoms with Gasteiger partial charge in [0.2, 0.25) is 0 Å². The number of nitrogens with zero attached hydrogens (tertiary/aromatic N) is 1. The molecule has 6 heteroatoms. The van der Waals surface area contributed by atoms with Crippen molar-refractivity contribution in [1.29, 1.82) is 0 Å². The molecule has 0 spiro atoms. The van der Waals surface area contributed by atoms with Crippen molar-refractivity contribution >= 4 is 15.9 Å². The highest BCUT2D eigenvalue weighted by molar-refractivity contribution is 9.09. The Bertz CT molecular complexity index is 451. The Labute approximate surface area is 125 Å². The summed E-state index contributed by atoms with van der Waals surface area (Å²) in [6.07, 6.45) is -2.64. The molecule has 1 aliphatic heterocycles. The van der Waals surface area contributed by atoms with E-state index in [1.54, 1.807) is 0 Å². The lowest BCUT2D eigenvalue weighted by atomic mass is 10.1. The van der Waals surface area contributed by atoms with E-state index in [0.29, 0.717) is 31.4 Å². The van der Waals surface area contributed by atoms with Crippen LogP contribution in [0.2, 0.25) is 0 Å². The highest BCUT2D eigenvalue weighted by Crippen LogP contribution is 2.26. The molecule has 2 rings (SSSR count). The maximum atomic E-state index is 12.5. The summed E-state index contributed by atoms with van der Waals surface area (Å²) in [5.74, 6) is 0.904. The summed E-state index contributed by atoms with van der Waals surface area (Å²) in [7, 11) is 0. The van der Waals surface area contributed by atoms with Gasteiger partial charge in [-0.05, 0) is 23.6 Å². The predicted octanol–water partition coefficient (Wildman–Crippen LogP) is 3.42. The van der Waals surface area contributed by atoms with Crippen LogP contribution in [0, 0.1) is 0 Å². The van der Waals surface area contributed by atoms with Gasteiger partial charge in [0.1, 0.15) is 5.75 Å². The lowest BCUT2D eigenvalue weighted by molar-refractivity contribution is -0.145. The molecule has 0 N–H and O–H groups in total. The zero-order valence-electron chi connectivity index (χ0n) is 11.0. The topological polar surface area (TPSA) is 12.5 Å². The van der Waals surface area contributed by atoms with Gasteiger partial charge in [-0.3, -0.25) is 4.90 Å². The summed E-state index contributed by atoms with van der Waals surface area (Å²) in [6.45, 7) is 0.646. The molecule has 2 nitrogen and oxygen atoms in total. The zero-order chi connectivity index (χ0) is 14.6. The van der Waals surface area contributed by atoms with Crippen molar-refractivity contribution in [3.05, 3.63) is 29.3 Å². The minimum absolute atomic E-state index is 0.396. The third-order valence-corrected chi connectivity index (χ3v) is 3.63. The summed E-state index contributed by atoms with van der Waals surface area (Å²) in [6, 6.07) is 5.89.